The van der Waals surface area contributed by atoms with E-state index in [9.17, 15) is 14.4 Å². The second-order valence-electron chi connectivity index (χ2n) is 8.45. The van der Waals surface area contributed by atoms with Gasteiger partial charge in [0.1, 0.15) is 17.5 Å². The number of piperidine rings is 1. The molecule has 34 heavy (non-hydrogen) atoms. The van der Waals surface area contributed by atoms with Crippen molar-refractivity contribution in [3.63, 3.8) is 0 Å². The minimum atomic E-state index is -0.982. The molecular formula is C23H26N6O5. The van der Waals surface area contributed by atoms with Gasteiger partial charge in [-0.15, -0.1) is 0 Å². The number of carboxylic acid groups (broad SMARTS) is 1. The van der Waals surface area contributed by atoms with Crippen LogP contribution in [0.25, 0.3) is 10.9 Å². The number of anilines is 1. The van der Waals surface area contributed by atoms with Crippen LogP contribution in [0.15, 0.2) is 36.7 Å². The van der Waals surface area contributed by atoms with Crippen molar-refractivity contribution in [1.82, 2.24) is 20.1 Å². The summed E-state index contributed by atoms with van der Waals surface area (Å²) in [5.74, 6) is -0.418. The minimum absolute atomic E-state index is 0.331. The van der Waals surface area contributed by atoms with Crippen molar-refractivity contribution in [2.24, 2.45) is 5.73 Å². The lowest BCUT2D eigenvalue weighted by molar-refractivity contribution is -0.138. The summed E-state index contributed by atoms with van der Waals surface area (Å²) in [6.07, 6.45) is 5.27. The van der Waals surface area contributed by atoms with Crippen LogP contribution in [0.2, 0.25) is 0 Å². The number of likely N-dealkylation sites (tertiary alicyclic amines) is 1. The van der Waals surface area contributed by atoms with Crippen LogP contribution >= 0.6 is 0 Å². The second-order valence-corrected chi connectivity index (χ2v) is 8.45. The Hall–Kier alpha value is -3.99. The van der Waals surface area contributed by atoms with Gasteiger partial charge in [0, 0.05) is 43.1 Å². The maximum atomic E-state index is 11.6. The number of amides is 2. The molecule has 2 amide bonds. The summed E-state index contributed by atoms with van der Waals surface area (Å²) < 4.78 is 5.50. The van der Waals surface area contributed by atoms with Crippen LogP contribution < -0.4 is 11.1 Å². The number of carboxylic acids is 1. The number of pyridine rings is 1. The quantitative estimate of drug-likeness (QED) is 0.424. The van der Waals surface area contributed by atoms with Crippen molar-refractivity contribution in [3.05, 3.63) is 53.3 Å². The van der Waals surface area contributed by atoms with Crippen LogP contribution in [0.4, 0.5) is 10.6 Å². The first kappa shape index (κ1) is 23.2. The lowest BCUT2D eigenvalue weighted by atomic mass is 9.83. The van der Waals surface area contributed by atoms with Gasteiger partial charge in [-0.25, -0.2) is 9.78 Å². The number of hydrogen-bond donors (Lipinski definition) is 4. The van der Waals surface area contributed by atoms with E-state index in [0.717, 1.165) is 34.0 Å². The van der Waals surface area contributed by atoms with Gasteiger partial charge in [-0.3, -0.25) is 20.0 Å². The van der Waals surface area contributed by atoms with Gasteiger partial charge in [-0.1, -0.05) is 6.07 Å². The zero-order chi connectivity index (χ0) is 24.3. The number of aliphatic carboxylic acids is 1. The van der Waals surface area contributed by atoms with Gasteiger partial charge in [-0.05, 0) is 42.7 Å². The molecule has 0 saturated carbocycles. The molecule has 1 fully saturated rings. The van der Waals surface area contributed by atoms with E-state index in [1.807, 2.05) is 31.2 Å². The van der Waals surface area contributed by atoms with E-state index < -0.39 is 23.7 Å². The molecule has 2 aliphatic heterocycles. The first-order chi connectivity index (χ1) is 16.3. The van der Waals surface area contributed by atoms with Crippen LogP contribution in [-0.2, 0) is 26.3 Å². The Kier molecular flexibility index (Phi) is 6.46. The van der Waals surface area contributed by atoms with Crippen LogP contribution in [0.5, 0.6) is 0 Å². The van der Waals surface area contributed by atoms with E-state index in [0.29, 0.717) is 38.2 Å². The number of carbonyl (C=O) groups is 3. The maximum absolute atomic E-state index is 11.6. The van der Waals surface area contributed by atoms with Crippen LogP contribution in [0.1, 0.15) is 29.5 Å². The number of nitrogens with two attached hydrogens (primary N) is 1. The Bertz CT molecular complexity index is 1220. The van der Waals surface area contributed by atoms with Crippen molar-refractivity contribution < 1.29 is 24.2 Å². The molecule has 0 bridgehead atoms. The van der Waals surface area contributed by atoms with Crippen molar-refractivity contribution >= 4 is 35.2 Å². The monoisotopic (exact) mass is 466 g/mol. The van der Waals surface area contributed by atoms with Gasteiger partial charge in [0.05, 0.1) is 11.7 Å². The Morgan fingerprint density at radius 1 is 1.38 bits per heavy atom. The topological polar surface area (TPSA) is 164 Å². The first-order valence-corrected chi connectivity index (χ1v) is 10.9. The molecule has 11 nitrogen and oxygen atoms in total. The highest BCUT2D eigenvalue weighted by Gasteiger charge is 2.44. The third-order valence-electron chi connectivity index (χ3n) is 6.14. The van der Waals surface area contributed by atoms with E-state index in [1.165, 1.54) is 0 Å². The molecule has 0 aliphatic carbocycles. The summed E-state index contributed by atoms with van der Waals surface area (Å²) in [4.78, 5) is 38.8. The largest absolute Gasteiger partial charge is 0.480 e. The van der Waals surface area contributed by atoms with E-state index in [-0.39, 0.29) is 0 Å². The van der Waals surface area contributed by atoms with E-state index in [1.54, 1.807) is 17.3 Å². The summed E-state index contributed by atoms with van der Waals surface area (Å²) >= 11 is 0. The number of nitrogens with one attached hydrogen (secondary N) is 2. The molecule has 2 aromatic heterocycles. The van der Waals surface area contributed by atoms with Gasteiger partial charge in [0.2, 0.25) is 6.41 Å². The normalized spacial score (nSPS) is 17.1. The third kappa shape index (κ3) is 4.69. The number of aromatic nitrogens is 3. The van der Waals surface area contributed by atoms with Crippen LogP contribution in [-0.4, -0.2) is 62.8 Å². The number of hydrogen-bond acceptors (Lipinski definition) is 7. The van der Waals surface area contributed by atoms with E-state index >= 15 is 0 Å². The van der Waals surface area contributed by atoms with Gasteiger partial charge in [-0.2, -0.15) is 5.10 Å². The Balaban J connectivity index is 0.000000162. The smallest absolute Gasteiger partial charge is 0.413 e. The van der Waals surface area contributed by atoms with Gasteiger partial charge in [0.25, 0.3) is 0 Å². The summed E-state index contributed by atoms with van der Waals surface area (Å²) in [5.41, 5.74) is 8.70. The van der Waals surface area contributed by atoms with Gasteiger partial charge in [0.15, 0.2) is 0 Å². The Morgan fingerprint density at radius 2 is 2.15 bits per heavy atom. The van der Waals surface area contributed by atoms with Crippen molar-refractivity contribution in [2.45, 2.75) is 37.8 Å². The molecule has 5 rings (SSSR count). The number of ether oxygens (including phenoxy) is 1. The Labute approximate surface area is 195 Å². The molecule has 0 radical (unpaired) electrons. The zero-order valence-corrected chi connectivity index (χ0v) is 18.7. The summed E-state index contributed by atoms with van der Waals surface area (Å²) in [7, 11) is 0. The average molecular weight is 466 g/mol. The summed E-state index contributed by atoms with van der Waals surface area (Å²) in [5, 5.41) is 19.2. The molecule has 3 aromatic rings. The first-order valence-electron chi connectivity index (χ1n) is 10.9. The molecule has 2 aliphatic rings. The van der Waals surface area contributed by atoms with Crippen LogP contribution in [0, 0.1) is 6.92 Å². The standard InChI is InChI=1S/C12H13N3O3.C11H13N3O2/c16-8-15-6-3-12(4-7-15)9-2-1-5-13-10(9)14-11(17)18-12;1-6-2-7(4-9(12)11(15)16)3-8-5-13-14-10(6)8/h1-2,5,8H,3-4,6-7H2,(H,13,14,17);2-3,5,9H,4,12H2,1H3,(H,13,14)(H,15,16). The molecule has 1 aromatic carbocycles. The number of fused-ring (bicyclic) bond motifs is 3. The number of H-pyrrole nitrogens is 1. The molecule has 11 heteroatoms. The molecule has 1 spiro atoms. The third-order valence-corrected chi connectivity index (χ3v) is 6.14. The Morgan fingerprint density at radius 3 is 2.85 bits per heavy atom. The van der Waals surface area contributed by atoms with E-state index in [4.69, 9.17) is 15.6 Å². The highest BCUT2D eigenvalue weighted by Crippen LogP contribution is 2.42. The molecule has 1 atom stereocenters. The number of rotatable bonds is 4. The predicted octanol–water partition coefficient (Wildman–Crippen LogP) is 1.92. The zero-order valence-electron chi connectivity index (χ0n) is 18.7. The number of carbonyl (C=O) groups excluding carboxylic acids is 2. The number of aryl methyl sites for hydroxylation is 1. The fourth-order valence-corrected chi connectivity index (χ4v) is 4.36. The molecule has 1 unspecified atom stereocenters. The lowest BCUT2D eigenvalue weighted by Crippen LogP contribution is -2.48. The SMILES string of the molecule is Cc1cc(CC(N)C(=O)O)cc2cn[nH]c12.O=CN1CCC2(CC1)OC(=O)Nc1ncccc12. The molecule has 4 heterocycles. The average Bonchev–Trinajstić information content (AvgIpc) is 3.29. The second kappa shape index (κ2) is 9.48. The number of benzene rings is 1. The maximum Gasteiger partial charge on any atom is 0.413 e. The van der Waals surface area contributed by atoms with Crippen molar-refractivity contribution in [2.75, 3.05) is 18.4 Å². The minimum Gasteiger partial charge on any atom is -0.480 e. The molecule has 1 saturated heterocycles. The van der Waals surface area contributed by atoms with E-state index in [2.05, 4.69) is 20.5 Å². The molecular weight excluding hydrogens is 440 g/mol. The van der Waals surface area contributed by atoms with Crippen LogP contribution in [0.3, 0.4) is 0 Å². The lowest BCUT2D eigenvalue weighted by Gasteiger charge is -2.42. The summed E-state index contributed by atoms with van der Waals surface area (Å²) in [6.45, 7) is 3.13. The summed E-state index contributed by atoms with van der Waals surface area (Å²) in [6, 6.07) is 6.73. The number of aromatic amines is 1. The van der Waals surface area contributed by atoms with Crippen molar-refractivity contribution in [3.8, 4) is 0 Å². The van der Waals surface area contributed by atoms with Gasteiger partial charge >= 0.3 is 12.1 Å². The highest BCUT2D eigenvalue weighted by molar-refractivity contribution is 5.87. The van der Waals surface area contributed by atoms with Gasteiger partial charge < -0.3 is 20.5 Å². The molecule has 178 valence electrons. The van der Waals surface area contributed by atoms with Crippen molar-refractivity contribution in [1.29, 1.82) is 0 Å². The predicted molar refractivity (Wildman–Crippen MR) is 123 cm³/mol. The fraction of sp³-hybridized carbons (Fsp3) is 0.348. The highest BCUT2D eigenvalue weighted by atomic mass is 16.6. The number of nitrogens with zero attached hydrogens (tertiary/aromatic N) is 3. The fourth-order valence-electron chi connectivity index (χ4n) is 4.36. The molecule has 5 N–H and O–H groups in total.